The summed E-state index contributed by atoms with van der Waals surface area (Å²) in [5.74, 6) is -0.162. The van der Waals surface area contributed by atoms with Crippen molar-refractivity contribution in [3.8, 4) is 5.75 Å². The second-order valence-corrected chi connectivity index (χ2v) is 3.66. The molecule has 1 N–H and O–H groups in total. The molecule has 0 aliphatic carbocycles. The first-order chi connectivity index (χ1) is 9.24. The van der Waals surface area contributed by atoms with Crippen molar-refractivity contribution in [1.82, 2.24) is 25.5 Å². The van der Waals surface area contributed by atoms with Gasteiger partial charge in [0.2, 0.25) is 5.91 Å². The van der Waals surface area contributed by atoms with Gasteiger partial charge in [0, 0.05) is 6.07 Å². The molecule has 0 atom stereocenters. The third kappa shape index (κ3) is 4.34. The Morgan fingerprint density at radius 1 is 1.47 bits per heavy atom. The van der Waals surface area contributed by atoms with Crippen LogP contribution in [0.1, 0.15) is 0 Å². The quantitative estimate of drug-likeness (QED) is 0.744. The highest BCUT2D eigenvalue weighted by Gasteiger charge is 2.03. The Morgan fingerprint density at radius 3 is 3.11 bits per heavy atom. The van der Waals surface area contributed by atoms with Crippen LogP contribution in [0.3, 0.4) is 0 Å². The lowest BCUT2D eigenvalue weighted by Crippen LogP contribution is -2.31. The van der Waals surface area contributed by atoms with Gasteiger partial charge in [0.1, 0.15) is 31.0 Å². The van der Waals surface area contributed by atoms with Crippen LogP contribution in [-0.4, -0.2) is 39.3 Å². The molecule has 0 fully saturated rings. The molecule has 0 aliphatic rings. The monoisotopic (exact) mass is 265 g/mol. The van der Waals surface area contributed by atoms with E-state index < -0.39 is 0 Å². The topological polar surface area (TPSA) is 81.9 Å². The molecule has 0 radical (unpaired) electrons. The lowest BCUT2D eigenvalue weighted by atomic mass is 10.3. The maximum Gasteiger partial charge on any atom is 0.241 e. The fourth-order valence-corrected chi connectivity index (χ4v) is 1.37. The average molecular weight is 265 g/mol. The SMILES string of the molecule is O=C(Cn1cnnn1)NCCOc1cccc(F)c1. The summed E-state index contributed by atoms with van der Waals surface area (Å²) < 4.78 is 19.4. The lowest BCUT2D eigenvalue weighted by molar-refractivity contribution is -0.121. The van der Waals surface area contributed by atoms with Crippen LogP contribution in [0.4, 0.5) is 4.39 Å². The second kappa shape index (κ2) is 6.43. The van der Waals surface area contributed by atoms with E-state index in [1.54, 1.807) is 12.1 Å². The molecule has 2 aromatic rings. The molecule has 1 aromatic carbocycles. The first-order valence-electron chi connectivity index (χ1n) is 5.60. The fourth-order valence-electron chi connectivity index (χ4n) is 1.37. The van der Waals surface area contributed by atoms with E-state index in [4.69, 9.17) is 4.74 Å². The highest BCUT2D eigenvalue weighted by atomic mass is 19.1. The van der Waals surface area contributed by atoms with Crippen LogP contribution in [0, 0.1) is 5.82 Å². The molecule has 7 nitrogen and oxygen atoms in total. The smallest absolute Gasteiger partial charge is 0.241 e. The second-order valence-electron chi connectivity index (χ2n) is 3.66. The number of aromatic nitrogens is 4. The highest BCUT2D eigenvalue weighted by Crippen LogP contribution is 2.11. The summed E-state index contributed by atoms with van der Waals surface area (Å²) in [5.41, 5.74) is 0. The molecule has 100 valence electrons. The molecule has 0 unspecified atom stereocenters. The van der Waals surface area contributed by atoms with Crippen molar-refractivity contribution in [2.24, 2.45) is 0 Å². The van der Waals surface area contributed by atoms with Crippen LogP contribution in [0.2, 0.25) is 0 Å². The van der Waals surface area contributed by atoms with Gasteiger partial charge in [0.05, 0.1) is 6.54 Å². The van der Waals surface area contributed by atoms with E-state index in [9.17, 15) is 9.18 Å². The number of nitrogens with one attached hydrogen (secondary N) is 1. The van der Waals surface area contributed by atoms with Crippen LogP contribution in [-0.2, 0) is 11.3 Å². The molecule has 0 saturated heterocycles. The summed E-state index contributed by atoms with van der Waals surface area (Å²) >= 11 is 0. The molecule has 8 heteroatoms. The van der Waals surface area contributed by atoms with Gasteiger partial charge in [0.25, 0.3) is 0 Å². The van der Waals surface area contributed by atoms with Gasteiger partial charge < -0.3 is 10.1 Å². The van der Waals surface area contributed by atoms with Gasteiger partial charge >= 0.3 is 0 Å². The van der Waals surface area contributed by atoms with E-state index in [1.807, 2.05) is 0 Å². The number of tetrazole rings is 1. The van der Waals surface area contributed by atoms with Crippen LogP contribution >= 0.6 is 0 Å². The van der Waals surface area contributed by atoms with Gasteiger partial charge in [-0.1, -0.05) is 6.07 Å². The number of ether oxygens (including phenoxy) is 1. The third-order valence-corrected chi connectivity index (χ3v) is 2.19. The Balaban J connectivity index is 1.65. The molecule has 19 heavy (non-hydrogen) atoms. The van der Waals surface area contributed by atoms with Gasteiger partial charge in [-0.15, -0.1) is 5.10 Å². The molecule has 0 bridgehead atoms. The maximum absolute atomic E-state index is 12.8. The lowest BCUT2D eigenvalue weighted by Gasteiger charge is -2.07. The van der Waals surface area contributed by atoms with E-state index >= 15 is 0 Å². The molecule has 1 heterocycles. The minimum absolute atomic E-state index is 0.0486. The number of benzene rings is 1. The predicted octanol–water partition coefficient (Wildman–Crippen LogP) is 0.00740. The van der Waals surface area contributed by atoms with Gasteiger partial charge in [-0.25, -0.2) is 9.07 Å². The first-order valence-corrected chi connectivity index (χ1v) is 5.60. The number of rotatable bonds is 6. The van der Waals surface area contributed by atoms with Crippen molar-refractivity contribution in [2.75, 3.05) is 13.2 Å². The summed E-state index contributed by atoms with van der Waals surface area (Å²) in [7, 11) is 0. The van der Waals surface area contributed by atoms with E-state index in [1.165, 1.54) is 23.1 Å². The first kappa shape index (κ1) is 12.9. The Morgan fingerprint density at radius 2 is 2.37 bits per heavy atom. The van der Waals surface area contributed by atoms with E-state index in [0.717, 1.165) is 0 Å². The summed E-state index contributed by atoms with van der Waals surface area (Å²) in [5, 5.41) is 13.0. The molecule has 0 saturated carbocycles. The number of hydrogen-bond donors (Lipinski definition) is 1. The van der Waals surface area contributed by atoms with Gasteiger partial charge in [-0.3, -0.25) is 4.79 Å². The van der Waals surface area contributed by atoms with Crippen molar-refractivity contribution >= 4 is 5.91 Å². The Kier molecular flexibility index (Phi) is 4.38. The maximum atomic E-state index is 12.8. The summed E-state index contributed by atoms with van der Waals surface area (Å²) in [6, 6.07) is 5.82. The van der Waals surface area contributed by atoms with Crippen molar-refractivity contribution in [2.45, 2.75) is 6.54 Å². The van der Waals surface area contributed by atoms with Crippen molar-refractivity contribution in [1.29, 1.82) is 0 Å². The Hall–Kier alpha value is -2.51. The molecule has 1 aromatic heterocycles. The van der Waals surface area contributed by atoms with E-state index in [2.05, 4.69) is 20.8 Å². The predicted molar refractivity (Wildman–Crippen MR) is 62.7 cm³/mol. The molecule has 0 spiro atoms. The summed E-state index contributed by atoms with van der Waals surface area (Å²) in [4.78, 5) is 11.4. The number of carbonyl (C=O) groups is 1. The zero-order valence-electron chi connectivity index (χ0n) is 9.99. The fraction of sp³-hybridized carbons (Fsp3) is 0.273. The third-order valence-electron chi connectivity index (χ3n) is 2.19. The van der Waals surface area contributed by atoms with Gasteiger partial charge in [-0.2, -0.15) is 0 Å². The molecular weight excluding hydrogens is 253 g/mol. The van der Waals surface area contributed by atoms with Gasteiger partial charge in [-0.05, 0) is 22.6 Å². The summed E-state index contributed by atoms with van der Waals surface area (Å²) in [6.07, 6.45) is 1.35. The number of carbonyl (C=O) groups excluding carboxylic acids is 1. The van der Waals surface area contributed by atoms with Crippen LogP contribution < -0.4 is 10.1 Å². The number of amides is 1. The normalized spacial score (nSPS) is 10.2. The van der Waals surface area contributed by atoms with Crippen LogP contribution in [0.15, 0.2) is 30.6 Å². The largest absolute Gasteiger partial charge is 0.492 e. The highest BCUT2D eigenvalue weighted by molar-refractivity contribution is 5.75. The molecule has 0 aliphatic heterocycles. The van der Waals surface area contributed by atoms with Crippen molar-refractivity contribution in [3.05, 3.63) is 36.4 Å². The zero-order valence-corrected chi connectivity index (χ0v) is 9.99. The molecule has 2 rings (SSSR count). The number of nitrogens with zero attached hydrogens (tertiary/aromatic N) is 4. The average Bonchev–Trinajstić information content (AvgIpc) is 2.87. The van der Waals surface area contributed by atoms with E-state index in [-0.39, 0.29) is 24.9 Å². The molecular formula is C11H12FN5O2. The minimum Gasteiger partial charge on any atom is -0.492 e. The van der Waals surface area contributed by atoms with Crippen LogP contribution in [0.25, 0.3) is 0 Å². The van der Waals surface area contributed by atoms with Crippen LogP contribution in [0.5, 0.6) is 5.75 Å². The Labute approximate surface area is 108 Å². The standard InChI is InChI=1S/C11H12FN5O2/c12-9-2-1-3-10(6-9)19-5-4-13-11(18)7-17-8-14-15-16-17/h1-3,6,8H,4-5,7H2,(H,13,18). The zero-order chi connectivity index (χ0) is 13.5. The summed E-state index contributed by atoms with van der Waals surface area (Å²) in [6.45, 7) is 0.620. The Bertz CT molecular complexity index is 532. The van der Waals surface area contributed by atoms with Gasteiger partial charge in [0.15, 0.2) is 0 Å². The van der Waals surface area contributed by atoms with E-state index in [0.29, 0.717) is 12.3 Å². The number of halogens is 1. The van der Waals surface area contributed by atoms with Crippen molar-refractivity contribution < 1.29 is 13.9 Å². The molecule has 1 amide bonds. The minimum atomic E-state index is -0.361. The number of hydrogen-bond acceptors (Lipinski definition) is 5. The van der Waals surface area contributed by atoms with Crippen molar-refractivity contribution in [3.63, 3.8) is 0 Å².